The van der Waals surface area contributed by atoms with E-state index in [0.29, 0.717) is 39.1 Å². The van der Waals surface area contributed by atoms with Crippen molar-refractivity contribution in [3.05, 3.63) is 0 Å². The topological polar surface area (TPSA) is 94.4 Å². The highest BCUT2D eigenvalue weighted by molar-refractivity contribution is 5.77. The van der Waals surface area contributed by atoms with Crippen LogP contribution in [0.15, 0.2) is 0 Å². The van der Waals surface area contributed by atoms with Crippen molar-refractivity contribution in [2.45, 2.75) is 18.4 Å². The molecule has 1 heterocycles. The van der Waals surface area contributed by atoms with Crippen LogP contribution in [0.4, 0.5) is 0 Å². The van der Waals surface area contributed by atoms with E-state index in [1.807, 2.05) is 6.07 Å². The smallest absolute Gasteiger partial charge is 0.233 e. The fraction of sp³-hybridized carbons (Fsp3) is 0.800. The fourth-order valence-electron chi connectivity index (χ4n) is 1.46. The molecule has 0 bridgehead atoms. The fourth-order valence-corrected chi connectivity index (χ4v) is 1.46. The normalized spacial score (nSPS) is 24.0. The average Bonchev–Trinajstić information content (AvgIpc) is 2.66. The lowest BCUT2D eigenvalue weighted by Gasteiger charge is -2.20. The molecule has 0 saturated carbocycles. The third kappa shape index (κ3) is 4.57. The molecule has 1 atom stereocenters. The van der Waals surface area contributed by atoms with Crippen LogP contribution in [0.25, 0.3) is 0 Å². The number of carbonyl (C=O) groups is 1. The van der Waals surface area contributed by atoms with Gasteiger partial charge in [0.05, 0.1) is 25.6 Å². The Kier molecular flexibility index (Phi) is 5.19. The van der Waals surface area contributed by atoms with Crippen LogP contribution in [0.2, 0.25) is 0 Å². The Labute approximate surface area is 94.6 Å². The molecule has 1 aliphatic heterocycles. The number of hydrogen-bond acceptors (Lipinski definition) is 5. The van der Waals surface area contributed by atoms with E-state index in [9.17, 15) is 9.90 Å². The monoisotopic (exact) mass is 227 g/mol. The third-order valence-corrected chi connectivity index (χ3v) is 2.38. The van der Waals surface area contributed by atoms with Gasteiger partial charge >= 0.3 is 0 Å². The molecule has 1 aliphatic rings. The van der Waals surface area contributed by atoms with Gasteiger partial charge in [-0.25, -0.2) is 0 Å². The predicted molar refractivity (Wildman–Crippen MR) is 56.5 cm³/mol. The SMILES string of the molecule is N#CCCNC(=O)CNCC1(O)CCOC1. The van der Waals surface area contributed by atoms with Gasteiger partial charge in [0.15, 0.2) is 0 Å². The Bertz CT molecular complexity index is 269. The highest BCUT2D eigenvalue weighted by atomic mass is 16.5. The lowest BCUT2D eigenvalue weighted by Crippen LogP contribution is -2.44. The molecule has 0 aliphatic carbocycles. The van der Waals surface area contributed by atoms with Gasteiger partial charge in [-0.3, -0.25) is 4.79 Å². The van der Waals surface area contributed by atoms with E-state index < -0.39 is 5.60 Å². The van der Waals surface area contributed by atoms with Crippen LogP contribution in [0.1, 0.15) is 12.8 Å². The summed E-state index contributed by atoms with van der Waals surface area (Å²) in [6, 6.07) is 1.94. The quantitative estimate of drug-likeness (QED) is 0.493. The summed E-state index contributed by atoms with van der Waals surface area (Å²) in [7, 11) is 0. The zero-order valence-corrected chi connectivity index (χ0v) is 9.16. The van der Waals surface area contributed by atoms with Crippen molar-refractivity contribution < 1.29 is 14.6 Å². The van der Waals surface area contributed by atoms with Crippen LogP contribution in [0.3, 0.4) is 0 Å². The molecule has 6 nitrogen and oxygen atoms in total. The van der Waals surface area contributed by atoms with Crippen molar-refractivity contribution in [1.29, 1.82) is 5.26 Å². The van der Waals surface area contributed by atoms with Gasteiger partial charge in [-0.1, -0.05) is 0 Å². The molecule has 1 unspecified atom stereocenters. The summed E-state index contributed by atoms with van der Waals surface area (Å²) in [5, 5.41) is 23.6. The number of rotatable bonds is 6. The Balaban J connectivity index is 2.06. The molecule has 1 rings (SSSR count). The van der Waals surface area contributed by atoms with Crippen LogP contribution in [-0.4, -0.2) is 49.5 Å². The van der Waals surface area contributed by atoms with Crippen molar-refractivity contribution in [2.75, 3.05) is 32.8 Å². The standard InChI is InChI=1S/C10H17N3O3/c11-3-1-4-13-9(14)6-12-7-10(15)2-5-16-8-10/h12,15H,1-2,4-8H2,(H,13,14). The maximum atomic E-state index is 11.2. The van der Waals surface area contributed by atoms with Crippen molar-refractivity contribution >= 4 is 5.91 Å². The van der Waals surface area contributed by atoms with E-state index in [1.165, 1.54) is 0 Å². The second kappa shape index (κ2) is 6.43. The summed E-state index contributed by atoms with van der Waals surface area (Å²) in [4.78, 5) is 11.2. The number of carbonyl (C=O) groups excluding carboxylic acids is 1. The van der Waals surface area contributed by atoms with Gasteiger partial charge in [0.2, 0.25) is 5.91 Å². The number of ether oxygens (including phenoxy) is 1. The summed E-state index contributed by atoms with van der Waals surface area (Å²) >= 11 is 0. The molecule has 16 heavy (non-hydrogen) atoms. The third-order valence-electron chi connectivity index (χ3n) is 2.38. The van der Waals surface area contributed by atoms with E-state index in [0.717, 1.165) is 0 Å². The van der Waals surface area contributed by atoms with Gasteiger partial charge in [0.1, 0.15) is 5.60 Å². The molecule has 0 spiro atoms. The molecule has 0 aromatic heterocycles. The van der Waals surface area contributed by atoms with Crippen LogP contribution < -0.4 is 10.6 Å². The van der Waals surface area contributed by atoms with Gasteiger partial charge in [0, 0.05) is 26.1 Å². The van der Waals surface area contributed by atoms with Crippen molar-refractivity contribution in [2.24, 2.45) is 0 Å². The van der Waals surface area contributed by atoms with E-state index in [2.05, 4.69) is 10.6 Å². The first-order valence-electron chi connectivity index (χ1n) is 5.31. The van der Waals surface area contributed by atoms with Gasteiger partial charge in [-0.05, 0) is 0 Å². The summed E-state index contributed by atoms with van der Waals surface area (Å²) in [6.07, 6.45) is 0.902. The molecule has 1 amide bonds. The van der Waals surface area contributed by atoms with Gasteiger partial charge in [-0.2, -0.15) is 5.26 Å². The molecular formula is C10H17N3O3. The largest absolute Gasteiger partial charge is 0.386 e. The molecule has 0 aromatic carbocycles. The van der Waals surface area contributed by atoms with Gasteiger partial charge in [-0.15, -0.1) is 0 Å². The molecular weight excluding hydrogens is 210 g/mol. The summed E-state index contributed by atoms with van der Waals surface area (Å²) in [5.74, 6) is -0.169. The lowest BCUT2D eigenvalue weighted by atomic mass is 10.0. The first-order valence-corrected chi connectivity index (χ1v) is 5.31. The van der Waals surface area contributed by atoms with E-state index in [1.54, 1.807) is 0 Å². The van der Waals surface area contributed by atoms with Crippen LogP contribution in [-0.2, 0) is 9.53 Å². The highest BCUT2D eigenvalue weighted by Crippen LogP contribution is 2.16. The number of nitrogens with one attached hydrogen (secondary N) is 2. The first kappa shape index (κ1) is 12.9. The van der Waals surface area contributed by atoms with Crippen molar-refractivity contribution in [3.8, 4) is 6.07 Å². The first-order chi connectivity index (χ1) is 7.66. The second-order valence-electron chi connectivity index (χ2n) is 3.89. The molecule has 1 fully saturated rings. The van der Waals surface area contributed by atoms with E-state index in [4.69, 9.17) is 10.00 Å². The van der Waals surface area contributed by atoms with E-state index in [-0.39, 0.29) is 12.5 Å². The second-order valence-corrected chi connectivity index (χ2v) is 3.89. The average molecular weight is 227 g/mol. The number of aliphatic hydroxyl groups is 1. The van der Waals surface area contributed by atoms with Crippen molar-refractivity contribution in [1.82, 2.24) is 10.6 Å². The molecule has 0 radical (unpaired) electrons. The number of nitrogens with zero attached hydrogens (tertiary/aromatic N) is 1. The van der Waals surface area contributed by atoms with E-state index >= 15 is 0 Å². The minimum atomic E-state index is -0.840. The molecule has 3 N–H and O–H groups in total. The van der Waals surface area contributed by atoms with Crippen molar-refractivity contribution in [3.63, 3.8) is 0 Å². The Morgan fingerprint density at radius 1 is 1.62 bits per heavy atom. The predicted octanol–water partition coefficient (Wildman–Crippen LogP) is -1.24. The molecule has 0 aromatic rings. The summed E-state index contributed by atoms with van der Waals surface area (Å²) in [6.45, 7) is 1.74. The zero-order chi connectivity index (χ0) is 11.9. The maximum Gasteiger partial charge on any atom is 0.233 e. The summed E-state index contributed by atoms with van der Waals surface area (Å²) in [5.41, 5.74) is -0.840. The zero-order valence-electron chi connectivity index (χ0n) is 9.16. The van der Waals surface area contributed by atoms with Crippen LogP contribution in [0.5, 0.6) is 0 Å². The molecule has 6 heteroatoms. The molecule has 1 saturated heterocycles. The Morgan fingerprint density at radius 3 is 3.06 bits per heavy atom. The minimum Gasteiger partial charge on any atom is -0.386 e. The summed E-state index contributed by atoms with van der Waals surface area (Å²) < 4.78 is 5.07. The van der Waals surface area contributed by atoms with Crippen LogP contribution in [0, 0.1) is 11.3 Å². The minimum absolute atomic E-state index is 0.147. The van der Waals surface area contributed by atoms with Gasteiger partial charge < -0.3 is 20.5 Å². The number of amides is 1. The van der Waals surface area contributed by atoms with Gasteiger partial charge in [0.25, 0.3) is 0 Å². The Hall–Kier alpha value is -1.16. The Morgan fingerprint density at radius 2 is 2.44 bits per heavy atom. The van der Waals surface area contributed by atoms with Crippen LogP contribution >= 0.6 is 0 Å². The number of nitriles is 1. The highest BCUT2D eigenvalue weighted by Gasteiger charge is 2.31. The maximum absolute atomic E-state index is 11.2. The number of hydrogen-bond donors (Lipinski definition) is 3. The molecule has 90 valence electrons. The lowest BCUT2D eigenvalue weighted by molar-refractivity contribution is -0.120.